The number of aliphatic carboxylic acids is 1. The maximum absolute atomic E-state index is 11.4. The molecule has 0 saturated heterocycles. The van der Waals surface area contributed by atoms with E-state index in [2.05, 4.69) is 0 Å². The van der Waals surface area contributed by atoms with Crippen molar-refractivity contribution >= 4 is 30.1 Å². The van der Waals surface area contributed by atoms with E-state index < -0.39 is 29.4 Å². The number of carbonyl (C=O) groups excluding carboxylic acids is 2. The normalized spacial score (nSPS) is 19.4. The summed E-state index contributed by atoms with van der Waals surface area (Å²) in [6.45, 7) is 2.52. The summed E-state index contributed by atoms with van der Waals surface area (Å²) in [6.07, 6.45) is 7.58. The van der Waals surface area contributed by atoms with Crippen LogP contribution in [-0.4, -0.2) is 35.2 Å². The molecule has 2 N–H and O–H groups in total. The van der Waals surface area contributed by atoms with Gasteiger partial charge in [0.05, 0.1) is 13.0 Å². The molecule has 0 bridgehead atoms. The molecule has 0 spiro atoms. The molecule has 3 rings (SSSR count). The molecule has 0 radical (unpaired) electrons. The quantitative estimate of drug-likeness (QED) is 0.276. The van der Waals surface area contributed by atoms with E-state index in [0.717, 1.165) is 0 Å². The molecule has 0 fully saturated rings. The Morgan fingerprint density at radius 2 is 1.59 bits per heavy atom. The Morgan fingerprint density at radius 1 is 0.971 bits per heavy atom. The number of aliphatic hydroxyl groups is 1. The van der Waals surface area contributed by atoms with E-state index >= 15 is 0 Å². The number of methoxy groups -OCH3 is 1. The van der Waals surface area contributed by atoms with Crippen molar-refractivity contribution in [3.63, 3.8) is 0 Å². The highest BCUT2D eigenvalue weighted by molar-refractivity contribution is 5.77. The van der Waals surface area contributed by atoms with Crippen LogP contribution in [0, 0.1) is 5.92 Å². The van der Waals surface area contributed by atoms with Gasteiger partial charge in [0.15, 0.2) is 5.60 Å². The molecule has 0 heterocycles. The van der Waals surface area contributed by atoms with Gasteiger partial charge in [0, 0.05) is 25.5 Å². The van der Waals surface area contributed by atoms with Crippen LogP contribution in [0.2, 0.25) is 0 Å². The monoisotopic (exact) mass is 464 g/mol. The summed E-state index contributed by atoms with van der Waals surface area (Å²) in [7, 11) is 1.37. The molecule has 2 aromatic carbocycles. The average molecular weight is 464 g/mol. The molecule has 0 saturated carbocycles. The number of benzene rings is 2. The van der Waals surface area contributed by atoms with Crippen molar-refractivity contribution in [1.82, 2.24) is 0 Å². The lowest BCUT2D eigenvalue weighted by Gasteiger charge is -2.31. The minimum absolute atomic E-state index is 0.0947. The topological polar surface area (TPSA) is 119 Å². The van der Waals surface area contributed by atoms with Crippen LogP contribution < -0.4 is 9.47 Å². The van der Waals surface area contributed by atoms with Gasteiger partial charge >= 0.3 is 17.9 Å². The molecule has 0 amide bonds. The van der Waals surface area contributed by atoms with Crippen LogP contribution in [0.1, 0.15) is 30.5 Å². The molecule has 1 aliphatic carbocycles. The number of rotatable bonds is 7. The first-order valence-corrected chi connectivity index (χ1v) is 10.3. The minimum atomic E-state index is -1.68. The van der Waals surface area contributed by atoms with Gasteiger partial charge in [-0.15, -0.1) is 0 Å². The van der Waals surface area contributed by atoms with E-state index in [1.54, 1.807) is 48.6 Å². The number of carboxylic acids is 1. The fourth-order valence-corrected chi connectivity index (χ4v) is 3.59. The van der Waals surface area contributed by atoms with Gasteiger partial charge in [0.1, 0.15) is 17.3 Å². The molecule has 2 atom stereocenters. The van der Waals surface area contributed by atoms with Gasteiger partial charge in [0.2, 0.25) is 0 Å². The first-order valence-electron chi connectivity index (χ1n) is 10.3. The summed E-state index contributed by atoms with van der Waals surface area (Å²) in [5, 5.41) is 20.7. The van der Waals surface area contributed by atoms with Crippen LogP contribution in [0.15, 0.2) is 66.5 Å². The van der Waals surface area contributed by atoms with Crippen molar-refractivity contribution in [1.29, 1.82) is 0 Å². The first-order chi connectivity index (χ1) is 16.1. The fraction of sp³-hybridized carbons (Fsp3) is 0.192. The summed E-state index contributed by atoms with van der Waals surface area (Å²) in [6, 6.07) is 11.6. The third-order valence-electron chi connectivity index (χ3n) is 5.01. The predicted molar refractivity (Wildman–Crippen MR) is 124 cm³/mol. The van der Waals surface area contributed by atoms with E-state index in [4.69, 9.17) is 14.2 Å². The van der Waals surface area contributed by atoms with Crippen molar-refractivity contribution in [3.05, 3.63) is 83.1 Å². The molecule has 8 nitrogen and oxygen atoms in total. The zero-order valence-electron chi connectivity index (χ0n) is 18.8. The highest BCUT2D eigenvalue weighted by Crippen LogP contribution is 2.38. The molecule has 8 heteroatoms. The van der Waals surface area contributed by atoms with Gasteiger partial charge in [-0.1, -0.05) is 42.5 Å². The summed E-state index contributed by atoms with van der Waals surface area (Å²) >= 11 is 0. The summed E-state index contributed by atoms with van der Waals surface area (Å²) in [5.74, 6) is -2.51. The van der Waals surface area contributed by atoms with Crippen molar-refractivity contribution in [2.24, 2.45) is 5.92 Å². The smallest absolute Gasteiger partial charge is 0.314 e. The van der Waals surface area contributed by atoms with E-state index in [9.17, 15) is 24.6 Å². The Labute approximate surface area is 196 Å². The van der Waals surface area contributed by atoms with Crippen molar-refractivity contribution in [3.8, 4) is 11.5 Å². The molecule has 176 valence electrons. The number of carboxylic acid groups (broad SMARTS) is 1. The average Bonchev–Trinajstić information content (AvgIpc) is 2.77. The number of carbonyl (C=O) groups is 3. The molecule has 0 aromatic heterocycles. The molecule has 2 unspecified atom stereocenters. The van der Waals surface area contributed by atoms with Gasteiger partial charge in [-0.05, 0) is 35.4 Å². The summed E-state index contributed by atoms with van der Waals surface area (Å²) < 4.78 is 15.6. The largest absolute Gasteiger partial charge is 0.498 e. The van der Waals surface area contributed by atoms with E-state index in [-0.39, 0.29) is 17.3 Å². The lowest BCUT2D eigenvalue weighted by Crippen LogP contribution is -2.32. The summed E-state index contributed by atoms with van der Waals surface area (Å²) in [5.41, 5.74) is -0.0112. The van der Waals surface area contributed by atoms with Crippen LogP contribution in [0.5, 0.6) is 11.5 Å². The SMILES string of the molecule is COC1=CC(C(=O)O)C=CC1(O)c1ccccc1/C=C/c1cc(OC(C)=O)cc(OC(C)=O)c1. The van der Waals surface area contributed by atoms with E-state index in [1.165, 1.54) is 45.3 Å². The predicted octanol–water partition coefficient (Wildman–Crippen LogP) is 3.70. The minimum Gasteiger partial charge on any atom is -0.498 e. The lowest BCUT2D eigenvalue weighted by molar-refractivity contribution is -0.139. The number of hydrogen-bond donors (Lipinski definition) is 2. The maximum Gasteiger partial charge on any atom is 0.314 e. The Balaban J connectivity index is 2.01. The van der Waals surface area contributed by atoms with Gasteiger partial charge < -0.3 is 24.4 Å². The van der Waals surface area contributed by atoms with Crippen LogP contribution in [0.4, 0.5) is 0 Å². The van der Waals surface area contributed by atoms with Crippen LogP contribution >= 0.6 is 0 Å². The second kappa shape index (κ2) is 10.2. The van der Waals surface area contributed by atoms with Crippen molar-refractivity contribution in [2.75, 3.05) is 7.11 Å². The molecular weight excluding hydrogens is 440 g/mol. The van der Waals surface area contributed by atoms with Crippen LogP contribution in [-0.2, 0) is 24.7 Å². The third kappa shape index (κ3) is 5.60. The van der Waals surface area contributed by atoms with Crippen molar-refractivity contribution < 1.29 is 38.8 Å². The zero-order valence-corrected chi connectivity index (χ0v) is 18.8. The second-order valence-corrected chi connectivity index (χ2v) is 7.57. The molecule has 0 aliphatic heterocycles. The van der Waals surface area contributed by atoms with Crippen LogP contribution in [0.3, 0.4) is 0 Å². The van der Waals surface area contributed by atoms with Crippen LogP contribution in [0.25, 0.3) is 12.2 Å². The fourth-order valence-electron chi connectivity index (χ4n) is 3.59. The number of esters is 2. The first kappa shape index (κ1) is 24.5. The number of ether oxygens (including phenoxy) is 3. The maximum atomic E-state index is 11.4. The Kier molecular flexibility index (Phi) is 7.33. The summed E-state index contributed by atoms with van der Waals surface area (Å²) in [4.78, 5) is 34.1. The Morgan fingerprint density at radius 3 is 2.15 bits per heavy atom. The van der Waals surface area contributed by atoms with E-state index in [1.807, 2.05) is 0 Å². The Bertz CT molecular complexity index is 1170. The molecular formula is C26H24O8. The van der Waals surface area contributed by atoms with Gasteiger partial charge in [-0.3, -0.25) is 14.4 Å². The van der Waals surface area contributed by atoms with Gasteiger partial charge in [-0.25, -0.2) is 0 Å². The highest BCUT2D eigenvalue weighted by Gasteiger charge is 2.38. The Hall–Kier alpha value is -4.17. The standard InChI is InChI=1S/C26H24O8/c1-16(27)33-21-12-18(13-22(15-21)34-17(2)28)8-9-19-6-4-5-7-23(19)26(31)11-10-20(25(29)30)14-24(26)32-3/h4-15,20,31H,1-3H3,(H,29,30)/b9-8+. The molecule has 34 heavy (non-hydrogen) atoms. The molecule has 2 aromatic rings. The lowest BCUT2D eigenvalue weighted by atomic mass is 9.82. The highest BCUT2D eigenvalue weighted by atomic mass is 16.5. The van der Waals surface area contributed by atoms with E-state index in [0.29, 0.717) is 16.7 Å². The zero-order chi connectivity index (χ0) is 24.9. The van der Waals surface area contributed by atoms with Crippen molar-refractivity contribution in [2.45, 2.75) is 19.4 Å². The molecule has 1 aliphatic rings. The van der Waals surface area contributed by atoms with Gasteiger partial charge in [-0.2, -0.15) is 0 Å². The number of hydrogen-bond acceptors (Lipinski definition) is 7. The third-order valence-corrected chi connectivity index (χ3v) is 5.01. The second-order valence-electron chi connectivity index (χ2n) is 7.57. The van der Waals surface area contributed by atoms with Gasteiger partial charge in [0.25, 0.3) is 0 Å².